The van der Waals surface area contributed by atoms with Crippen molar-refractivity contribution in [2.24, 2.45) is 0 Å². The fourth-order valence-corrected chi connectivity index (χ4v) is 5.57. The van der Waals surface area contributed by atoms with Crippen molar-refractivity contribution < 1.29 is 14.7 Å². The molecule has 3 rings (SSSR count). The molecule has 136 valence electrons. The van der Waals surface area contributed by atoms with Crippen molar-refractivity contribution >= 4 is 41.1 Å². The van der Waals surface area contributed by atoms with E-state index < -0.39 is 11.9 Å². The van der Waals surface area contributed by atoms with Crippen LogP contribution in [0.25, 0.3) is 0 Å². The van der Waals surface area contributed by atoms with Crippen LogP contribution in [0.4, 0.5) is 5.69 Å². The van der Waals surface area contributed by atoms with E-state index in [1.807, 2.05) is 47.8 Å². The van der Waals surface area contributed by atoms with Crippen molar-refractivity contribution in [3.05, 3.63) is 65.2 Å². The number of rotatable bonds is 5. The van der Waals surface area contributed by atoms with Gasteiger partial charge in [-0.15, -0.1) is 23.5 Å². The van der Waals surface area contributed by atoms with E-state index in [4.69, 9.17) is 5.11 Å². The van der Waals surface area contributed by atoms with Gasteiger partial charge in [-0.3, -0.25) is 9.59 Å². The number of benzene rings is 2. The first-order valence-electron chi connectivity index (χ1n) is 8.52. The molecule has 1 amide bonds. The molecule has 1 saturated heterocycles. The van der Waals surface area contributed by atoms with Gasteiger partial charge in [0.2, 0.25) is 0 Å². The summed E-state index contributed by atoms with van der Waals surface area (Å²) in [4.78, 5) is 23.4. The average Bonchev–Trinajstić information content (AvgIpc) is 2.68. The molecule has 1 atom stereocenters. The Hall–Kier alpha value is -1.92. The Balaban J connectivity index is 1.63. The van der Waals surface area contributed by atoms with Crippen LogP contribution in [-0.4, -0.2) is 28.5 Å². The molecular weight excluding hydrogens is 366 g/mol. The number of thioether (sulfide) groups is 2. The first-order valence-corrected chi connectivity index (χ1v) is 10.6. The summed E-state index contributed by atoms with van der Waals surface area (Å²) in [6, 6.07) is 14.7. The summed E-state index contributed by atoms with van der Waals surface area (Å²) in [5.41, 5.74) is 3.23. The van der Waals surface area contributed by atoms with E-state index >= 15 is 0 Å². The number of carbonyl (C=O) groups excluding carboxylic acids is 1. The summed E-state index contributed by atoms with van der Waals surface area (Å²) >= 11 is 3.92. The van der Waals surface area contributed by atoms with Crippen molar-refractivity contribution in [1.82, 2.24) is 0 Å². The molecule has 2 aromatic carbocycles. The zero-order chi connectivity index (χ0) is 18.5. The van der Waals surface area contributed by atoms with Gasteiger partial charge in [-0.2, -0.15) is 0 Å². The highest BCUT2D eigenvalue weighted by molar-refractivity contribution is 8.16. The van der Waals surface area contributed by atoms with Gasteiger partial charge in [0.1, 0.15) is 0 Å². The zero-order valence-electron chi connectivity index (χ0n) is 14.5. The molecule has 26 heavy (non-hydrogen) atoms. The molecule has 6 heteroatoms. The number of amides is 1. The minimum Gasteiger partial charge on any atom is -0.481 e. The van der Waals surface area contributed by atoms with E-state index in [-0.39, 0.29) is 5.91 Å². The van der Waals surface area contributed by atoms with Crippen LogP contribution in [0.3, 0.4) is 0 Å². The van der Waals surface area contributed by atoms with Gasteiger partial charge in [0.05, 0.1) is 10.5 Å². The molecule has 2 aromatic rings. The average molecular weight is 388 g/mol. The van der Waals surface area contributed by atoms with E-state index in [2.05, 4.69) is 5.32 Å². The Labute approximate surface area is 161 Å². The molecule has 4 nitrogen and oxygen atoms in total. The van der Waals surface area contributed by atoms with Gasteiger partial charge >= 0.3 is 5.97 Å². The zero-order valence-corrected chi connectivity index (χ0v) is 16.1. The van der Waals surface area contributed by atoms with Gasteiger partial charge in [0.25, 0.3) is 5.91 Å². The first kappa shape index (κ1) is 18.9. The van der Waals surface area contributed by atoms with Gasteiger partial charge in [0.15, 0.2) is 0 Å². The molecule has 0 aliphatic carbocycles. The second-order valence-corrected chi connectivity index (χ2v) is 8.91. The molecule has 1 aliphatic heterocycles. The van der Waals surface area contributed by atoms with E-state index in [1.165, 1.54) is 23.5 Å². The third-order valence-corrected chi connectivity index (χ3v) is 7.33. The number of aliphatic carboxylic acids is 1. The minimum absolute atomic E-state index is 0.167. The van der Waals surface area contributed by atoms with Crippen molar-refractivity contribution in [1.29, 1.82) is 0 Å². The quantitative estimate of drug-likeness (QED) is 0.756. The predicted octanol–water partition coefficient (Wildman–Crippen LogP) is 5.00. The SMILES string of the molecule is CC(C(=O)O)c1ccc(NC(=O)c2ccc(C3SCCCS3)cc2)cc1. The molecule has 1 fully saturated rings. The fraction of sp³-hybridized carbons (Fsp3) is 0.300. The number of nitrogens with one attached hydrogen (secondary N) is 1. The second kappa shape index (κ2) is 8.64. The van der Waals surface area contributed by atoms with Crippen LogP contribution < -0.4 is 5.32 Å². The van der Waals surface area contributed by atoms with Crippen LogP contribution in [0.2, 0.25) is 0 Å². The summed E-state index contributed by atoms with van der Waals surface area (Å²) in [6.07, 6.45) is 1.26. The Kier molecular flexibility index (Phi) is 6.27. The second-order valence-electron chi connectivity index (χ2n) is 6.19. The third kappa shape index (κ3) is 4.62. The number of anilines is 1. The van der Waals surface area contributed by atoms with E-state index in [0.29, 0.717) is 21.4 Å². The molecule has 0 aromatic heterocycles. The Morgan fingerprint density at radius 3 is 2.23 bits per heavy atom. The van der Waals surface area contributed by atoms with Crippen LogP contribution in [-0.2, 0) is 4.79 Å². The van der Waals surface area contributed by atoms with Gasteiger partial charge in [0, 0.05) is 11.3 Å². The number of carboxylic acids is 1. The highest BCUT2D eigenvalue weighted by Gasteiger charge is 2.17. The monoisotopic (exact) mass is 387 g/mol. The predicted molar refractivity (Wildman–Crippen MR) is 109 cm³/mol. The topological polar surface area (TPSA) is 66.4 Å². The first-order chi connectivity index (χ1) is 12.5. The van der Waals surface area contributed by atoms with Gasteiger partial charge in [-0.25, -0.2) is 0 Å². The molecule has 2 N–H and O–H groups in total. The third-order valence-electron chi connectivity index (χ3n) is 4.31. The summed E-state index contributed by atoms with van der Waals surface area (Å²) in [7, 11) is 0. The molecule has 1 heterocycles. The van der Waals surface area contributed by atoms with Crippen LogP contribution >= 0.6 is 23.5 Å². The maximum atomic E-state index is 12.4. The lowest BCUT2D eigenvalue weighted by molar-refractivity contribution is -0.138. The summed E-state index contributed by atoms with van der Waals surface area (Å²) in [5, 5.41) is 11.9. The Morgan fingerprint density at radius 1 is 1.04 bits per heavy atom. The van der Waals surface area contributed by atoms with Crippen molar-refractivity contribution in [2.45, 2.75) is 23.8 Å². The molecule has 0 bridgehead atoms. The number of hydrogen-bond acceptors (Lipinski definition) is 4. The van der Waals surface area contributed by atoms with E-state index in [9.17, 15) is 9.59 Å². The van der Waals surface area contributed by atoms with Gasteiger partial charge in [-0.05, 0) is 60.2 Å². The summed E-state index contributed by atoms with van der Waals surface area (Å²) in [6.45, 7) is 1.64. The fourth-order valence-electron chi connectivity index (χ4n) is 2.67. The van der Waals surface area contributed by atoms with E-state index in [0.717, 1.165) is 0 Å². The largest absolute Gasteiger partial charge is 0.481 e. The summed E-state index contributed by atoms with van der Waals surface area (Å²) in [5.74, 6) is 0.783. The smallest absolute Gasteiger partial charge is 0.310 e. The molecule has 0 saturated carbocycles. The van der Waals surface area contributed by atoms with Crippen molar-refractivity contribution in [2.75, 3.05) is 16.8 Å². The maximum Gasteiger partial charge on any atom is 0.310 e. The highest BCUT2D eigenvalue weighted by Crippen LogP contribution is 2.43. The van der Waals surface area contributed by atoms with Crippen LogP contribution in [0.15, 0.2) is 48.5 Å². The maximum absolute atomic E-state index is 12.4. The highest BCUT2D eigenvalue weighted by atomic mass is 32.2. The van der Waals surface area contributed by atoms with Crippen molar-refractivity contribution in [3.63, 3.8) is 0 Å². The van der Waals surface area contributed by atoms with Crippen LogP contribution in [0.5, 0.6) is 0 Å². The van der Waals surface area contributed by atoms with Gasteiger partial charge < -0.3 is 10.4 Å². The van der Waals surface area contributed by atoms with Crippen molar-refractivity contribution in [3.8, 4) is 0 Å². The Morgan fingerprint density at radius 2 is 1.65 bits per heavy atom. The number of carbonyl (C=O) groups is 2. The standard InChI is InChI=1S/C20H21NO3S2/c1-13(19(23)24)14-7-9-17(10-8-14)21-18(22)15-3-5-16(6-4-15)20-25-11-2-12-26-20/h3-10,13,20H,2,11-12H2,1H3,(H,21,22)(H,23,24). The molecule has 0 spiro atoms. The molecular formula is C20H21NO3S2. The normalized spacial score (nSPS) is 16.0. The van der Waals surface area contributed by atoms with Crippen LogP contribution in [0, 0.1) is 0 Å². The lowest BCUT2D eigenvalue weighted by Gasteiger charge is -2.21. The molecule has 1 unspecified atom stereocenters. The van der Waals surface area contributed by atoms with E-state index in [1.54, 1.807) is 31.2 Å². The molecule has 1 aliphatic rings. The van der Waals surface area contributed by atoms with Crippen LogP contribution in [0.1, 0.15) is 45.3 Å². The Bertz CT molecular complexity index is 769. The molecule has 0 radical (unpaired) electrons. The van der Waals surface area contributed by atoms with Gasteiger partial charge in [-0.1, -0.05) is 24.3 Å². The lowest BCUT2D eigenvalue weighted by atomic mass is 10.0. The summed E-state index contributed by atoms with van der Waals surface area (Å²) < 4.78 is 0.463. The number of hydrogen-bond donors (Lipinski definition) is 2. The minimum atomic E-state index is -0.865. The number of carboxylic acid groups (broad SMARTS) is 1. The lowest BCUT2D eigenvalue weighted by Crippen LogP contribution is -2.12.